The van der Waals surface area contributed by atoms with E-state index in [-0.39, 0.29) is 5.82 Å². The van der Waals surface area contributed by atoms with E-state index < -0.39 is 0 Å². The number of halogens is 2. The van der Waals surface area contributed by atoms with Gasteiger partial charge >= 0.3 is 0 Å². The Labute approximate surface area is 132 Å². The van der Waals surface area contributed by atoms with Crippen molar-refractivity contribution in [2.45, 2.75) is 6.92 Å². The number of hydrogen-bond acceptors (Lipinski definition) is 3. The van der Waals surface area contributed by atoms with E-state index in [1.165, 1.54) is 12.1 Å². The maximum absolute atomic E-state index is 13.2. The van der Waals surface area contributed by atoms with Gasteiger partial charge in [-0.2, -0.15) is 0 Å². The number of aryl methyl sites for hydroxylation is 1. The first kappa shape index (κ1) is 14.5. The van der Waals surface area contributed by atoms with Gasteiger partial charge in [0.1, 0.15) is 11.6 Å². The second-order valence-corrected chi connectivity index (χ2v) is 5.35. The Morgan fingerprint density at radius 3 is 2.45 bits per heavy atom. The topological polar surface area (TPSA) is 51.8 Å². The van der Waals surface area contributed by atoms with E-state index in [1.54, 1.807) is 24.4 Å². The molecule has 0 saturated heterocycles. The van der Waals surface area contributed by atoms with Crippen molar-refractivity contribution < 1.29 is 4.39 Å². The van der Waals surface area contributed by atoms with Gasteiger partial charge in [-0.1, -0.05) is 11.6 Å². The molecule has 3 nitrogen and oxygen atoms in total. The summed E-state index contributed by atoms with van der Waals surface area (Å²) in [6.07, 6.45) is 1.71. The monoisotopic (exact) mass is 313 g/mol. The largest absolute Gasteiger partial charge is 0.384 e. The third kappa shape index (κ3) is 2.78. The molecule has 0 radical (unpaired) electrons. The van der Waals surface area contributed by atoms with E-state index in [9.17, 15) is 4.39 Å². The molecule has 0 unspecified atom stereocenters. The molecule has 3 rings (SSSR count). The predicted octanol–water partition coefficient (Wildman–Crippen LogP) is 4.49. The molecule has 0 aliphatic rings. The van der Waals surface area contributed by atoms with Crippen molar-refractivity contribution in [3.63, 3.8) is 0 Å². The number of pyridine rings is 2. The van der Waals surface area contributed by atoms with Crippen LogP contribution in [0.1, 0.15) is 5.69 Å². The van der Waals surface area contributed by atoms with Crippen LogP contribution in [-0.4, -0.2) is 9.97 Å². The zero-order chi connectivity index (χ0) is 15.7. The average molecular weight is 314 g/mol. The Morgan fingerprint density at radius 1 is 1.05 bits per heavy atom. The molecular formula is C17H13ClFN3. The van der Waals surface area contributed by atoms with Gasteiger partial charge in [0.15, 0.2) is 0 Å². The first-order valence-corrected chi connectivity index (χ1v) is 7.07. The molecule has 0 spiro atoms. The van der Waals surface area contributed by atoms with Crippen LogP contribution in [0.5, 0.6) is 0 Å². The minimum absolute atomic E-state index is 0.306. The van der Waals surface area contributed by atoms with Crippen LogP contribution >= 0.6 is 11.6 Å². The van der Waals surface area contributed by atoms with E-state index >= 15 is 0 Å². The summed E-state index contributed by atoms with van der Waals surface area (Å²) in [5, 5.41) is 0.498. The lowest BCUT2D eigenvalue weighted by atomic mass is 9.99. The van der Waals surface area contributed by atoms with Gasteiger partial charge in [0.05, 0.1) is 10.7 Å². The molecule has 0 bridgehead atoms. The minimum atomic E-state index is -0.306. The Morgan fingerprint density at radius 2 is 1.77 bits per heavy atom. The van der Waals surface area contributed by atoms with E-state index in [2.05, 4.69) is 9.97 Å². The van der Waals surface area contributed by atoms with Crippen molar-refractivity contribution in [3.8, 4) is 22.4 Å². The molecule has 2 aromatic heterocycles. The molecular weight excluding hydrogens is 301 g/mol. The predicted molar refractivity (Wildman–Crippen MR) is 87.0 cm³/mol. The fourth-order valence-corrected chi connectivity index (χ4v) is 2.64. The van der Waals surface area contributed by atoms with Crippen LogP contribution in [-0.2, 0) is 0 Å². The van der Waals surface area contributed by atoms with Crippen LogP contribution in [0.15, 0.2) is 48.7 Å². The van der Waals surface area contributed by atoms with Crippen LogP contribution in [0.4, 0.5) is 10.2 Å². The number of benzene rings is 1. The van der Waals surface area contributed by atoms with Gasteiger partial charge in [-0.15, -0.1) is 0 Å². The number of anilines is 1. The van der Waals surface area contributed by atoms with Crippen molar-refractivity contribution >= 4 is 17.4 Å². The first-order chi connectivity index (χ1) is 10.5. The lowest BCUT2D eigenvalue weighted by Crippen LogP contribution is -1.97. The van der Waals surface area contributed by atoms with E-state index in [0.717, 1.165) is 22.4 Å². The van der Waals surface area contributed by atoms with Crippen molar-refractivity contribution in [1.82, 2.24) is 9.97 Å². The smallest absolute Gasteiger partial charge is 0.125 e. The van der Waals surface area contributed by atoms with Gasteiger partial charge in [-0.3, -0.25) is 4.98 Å². The molecule has 22 heavy (non-hydrogen) atoms. The maximum atomic E-state index is 13.2. The standard InChI is InChI=1S/C17H13ClFN3/c1-10-8-12(6-7-21-10)16-14(18)9-15(20)22-17(16)11-2-4-13(19)5-3-11/h2-9H,1H3,(H2,20,22). The third-order valence-electron chi connectivity index (χ3n) is 3.29. The van der Waals surface area contributed by atoms with Gasteiger partial charge in [-0.05, 0) is 55.0 Å². The van der Waals surface area contributed by atoms with Gasteiger partial charge in [0.2, 0.25) is 0 Å². The summed E-state index contributed by atoms with van der Waals surface area (Å²) in [5.41, 5.74) is 9.71. The van der Waals surface area contributed by atoms with E-state index in [0.29, 0.717) is 16.5 Å². The Bertz CT molecular complexity index is 832. The summed E-state index contributed by atoms with van der Waals surface area (Å²) in [7, 11) is 0. The lowest BCUT2D eigenvalue weighted by Gasteiger charge is -2.13. The molecule has 0 aliphatic heterocycles. The molecule has 0 saturated carbocycles. The highest BCUT2D eigenvalue weighted by molar-refractivity contribution is 6.34. The number of nitrogen functional groups attached to an aromatic ring is 1. The lowest BCUT2D eigenvalue weighted by molar-refractivity contribution is 0.628. The van der Waals surface area contributed by atoms with Gasteiger partial charge < -0.3 is 5.73 Å². The van der Waals surface area contributed by atoms with Crippen molar-refractivity contribution in [1.29, 1.82) is 0 Å². The minimum Gasteiger partial charge on any atom is -0.384 e. The summed E-state index contributed by atoms with van der Waals surface area (Å²) in [5.74, 6) is 0.0129. The SMILES string of the molecule is Cc1cc(-c2c(Cl)cc(N)nc2-c2ccc(F)cc2)ccn1. The average Bonchev–Trinajstić information content (AvgIpc) is 2.47. The maximum Gasteiger partial charge on any atom is 0.125 e. The van der Waals surface area contributed by atoms with E-state index in [4.69, 9.17) is 17.3 Å². The van der Waals surface area contributed by atoms with Crippen molar-refractivity contribution in [2.24, 2.45) is 0 Å². The quantitative estimate of drug-likeness (QED) is 0.758. The van der Waals surface area contributed by atoms with Crippen LogP contribution in [0.3, 0.4) is 0 Å². The van der Waals surface area contributed by atoms with Crippen molar-refractivity contribution in [2.75, 3.05) is 5.73 Å². The molecule has 110 valence electrons. The Balaban J connectivity index is 2.27. The second kappa shape index (κ2) is 5.73. The van der Waals surface area contributed by atoms with Crippen LogP contribution in [0, 0.1) is 12.7 Å². The highest BCUT2D eigenvalue weighted by Crippen LogP contribution is 2.37. The normalized spacial score (nSPS) is 10.7. The Hall–Kier alpha value is -2.46. The zero-order valence-corrected chi connectivity index (χ0v) is 12.6. The molecule has 3 aromatic rings. The summed E-state index contributed by atoms with van der Waals surface area (Å²) in [4.78, 5) is 8.58. The van der Waals surface area contributed by atoms with E-state index in [1.807, 2.05) is 19.1 Å². The number of aromatic nitrogens is 2. The highest BCUT2D eigenvalue weighted by atomic mass is 35.5. The summed E-state index contributed by atoms with van der Waals surface area (Å²) >= 11 is 6.39. The molecule has 2 heterocycles. The summed E-state index contributed by atoms with van der Waals surface area (Å²) < 4.78 is 13.2. The number of rotatable bonds is 2. The summed E-state index contributed by atoms with van der Waals surface area (Å²) in [6.45, 7) is 1.90. The van der Waals surface area contributed by atoms with Crippen LogP contribution < -0.4 is 5.73 Å². The van der Waals surface area contributed by atoms with Gasteiger partial charge in [0, 0.05) is 23.0 Å². The van der Waals surface area contributed by atoms with Gasteiger partial charge in [0.25, 0.3) is 0 Å². The van der Waals surface area contributed by atoms with Gasteiger partial charge in [-0.25, -0.2) is 9.37 Å². The molecule has 2 N–H and O–H groups in total. The first-order valence-electron chi connectivity index (χ1n) is 6.69. The fraction of sp³-hybridized carbons (Fsp3) is 0.0588. The summed E-state index contributed by atoms with van der Waals surface area (Å²) in [6, 6.07) is 11.5. The number of hydrogen-bond donors (Lipinski definition) is 1. The highest BCUT2D eigenvalue weighted by Gasteiger charge is 2.15. The molecule has 0 fully saturated rings. The zero-order valence-electron chi connectivity index (χ0n) is 11.8. The second-order valence-electron chi connectivity index (χ2n) is 4.95. The van der Waals surface area contributed by atoms with Crippen LogP contribution in [0.2, 0.25) is 5.02 Å². The Kier molecular flexibility index (Phi) is 3.77. The fourth-order valence-electron chi connectivity index (χ4n) is 2.32. The molecule has 1 aromatic carbocycles. The van der Waals surface area contributed by atoms with Crippen LogP contribution in [0.25, 0.3) is 22.4 Å². The molecule has 0 aliphatic carbocycles. The van der Waals surface area contributed by atoms with Crippen molar-refractivity contribution in [3.05, 3.63) is 65.2 Å². The number of nitrogens with two attached hydrogens (primary N) is 1. The third-order valence-corrected chi connectivity index (χ3v) is 3.59. The number of nitrogens with zero attached hydrogens (tertiary/aromatic N) is 2. The molecule has 0 amide bonds. The molecule has 5 heteroatoms. The molecule has 0 atom stereocenters.